The molecule has 0 radical (unpaired) electrons. The average molecular weight is 311 g/mol. The summed E-state index contributed by atoms with van der Waals surface area (Å²) in [6.07, 6.45) is 4.77. The van der Waals surface area contributed by atoms with Gasteiger partial charge < -0.3 is 14.6 Å². The van der Waals surface area contributed by atoms with E-state index in [1.807, 2.05) is 25.4 Å². The molecule has 120 valence electrons. The van der Waals surface area contributed by atoms with Crippen LogP contribution in [0.1, 0.15) is 36.5 Å². The Morgan fingerprint density at radius 2 is 2.35 bits per heavy atom. The van der Waals surface area contributed by atoms with Crippen LogP contribution in [0, 0.1) is 24.2 Å². The lowest BCUT2D eigenvalue weighted by Gasteiger charge is -2.20. The van der Waals surface area contributed by atoms with Crippen molar-refractivity contribution in [3.8, 4) is 6.07 Å². The van der Waals surface area contributed by atoms with E-state index in [2.05, 4.69) is 32.8 Å². The van der Waals surface area contributed by atoms with Crippen molar-refractivity contribution in [2.45, 2.75) is 32.9 Å². The van der Waals surface area contributed by atoms with Crippen molar-refractivity contribution < 1.29 is 4.74 Å². The van der Waals surface area contributed by atoms with Crippen LogP contribution in [0.5, 0.6) is 0 Å². The topological polar surface area (TPSA) is 75.8 Å². The molecule has 2 aromatic rings. The quantitative estimate of drug-likeness (QED) is 0.918. The summed E-state index contributed by atoms with van der Waals surface area (Å²) in [4.78, 5) is 8.90. The van der Waals surface area contributed by atoms with Crippen molar-refractivity contribution in [2.75, 3.05) is 18.5 Å². The summed E-state index contributed by atoms with van der Waals surface area (Å²) in [6, 6.07) is 5.84. The van der Waals surface area contributed by atoms with Gasteiger partial charge in [-0.15, -0.1) is 0 Å². The number of rotatable bonds is 5. The third-order valence-corrected chi connectivity index (χ3v) is 4.24. The monoisotopic (exact) mass is 311 g/mol. The zero-order valence-corrected chi connectivity index (χ0v) is 13.5. The summed E-state index contributed by atoms with van der Waals surface area (Å²) in [5, 5.41) is 12.5. The highest BCUT2D eigenvalue weighted by molar-refractivity contribution is 5.52. The zero-order chi connectivity index (χ0) is 16.2. The van der Waals surface area contributed by atoms with Gasteiger partial charge in [0.2, 0.25) is 0 Å². The smallest absolute Gasteiger partial charge is 0.144 e. The number of nitrogens with zero attached hydrogens (tertiary/aromatic N) is 4. The number of hydrogen-bond acceptors (Lipinski definition) is 5. The SMILES string of the molecule is CCn1ccnc1[C@@H]1OCC[C@H]1CNc1nc(C)ccc1C#N. The van der Waals surface area contributed by atoms with Gasteiger partial charge in [0.1, 0.15) is 23.8 Å². The fourth-order valence-corrected chi connectivity index (χ4v) is 2.98. The number of nitrogens with one attached hydrogen (secondary N) is 1. The van der Waals surface area contributed by atoms with Crippen molar-refractivity contribution in [3.63, 3.8) is 0 Å². The lowest BCUT2D eigenvalue weighted by atomic mass is 10.0. The maximum Gasteiger partial charge on any atom is 0.144 e. The first kappa shape index (κ1) is 15.5. The Morgan fingerprint density at radius 1 is 1.48 bits per heavy atom. The summed E-state index contributed by atoms with van der Waals surface area (Å²) in [5.41, 5.74) is 1.47. The van der Waals surface area contributed by atoms with E-state index in [0.717, 1.165) is 31.1 Å². The van der Waals surface area contributed by atoms with E-state index in [-0.39, 0.29) is 6.10 Å². The molecule has 1 fully saturated rings. The molecule has 0 bridgehead atoms. The average Bonchev–Trinajstić information content (AvgIpc) is 3.21. The van der Waals surface area contributed by atoms with Gasteiger partial charge >= 0.3 is 0 Å². The fourth-order valence-electron chi connectivity index (χ4n) is 2.98. The number of nitriles is 1. The Morgan fingerprint density at radius 3 is 3.13 bits per heavy atom. The van der Waals surface area contributed by atoms with Crippen molar-refractivity contribution in [1.82, 2.24) is 14.5 Å². The first-order valence-corrected chi connectivity index (χ1v) is 7.97. The molecule has 0 unspecified atom stereocenters. The predicted octanol–water partition coefficient (Wildman–Crippen LogP) is 2.67. The molecule has 0 amide bonds. The van der Waals surface area contributed by atoms with Crippen molar-refractivity contribution in [3.05, 3.63) is 41.6 Å². The molecule has 2 aromatic heterocycles. The van der Waals surface area contributed by atoms with E-state index >= 15 is 0 Å². The third kappa shape index (κ3) is 3.20. The van der Waals surface area contributed by atoms with Crippen LogP contribution >= 0.6 is 0 Å². The second kappa shape index (κ2) is 6.80. The van der Waals surface area contributed by atoms with E-state index in [1.54, 1.807) is 6.07 Å². The fraction of sp³-hybridized carbons (Fsp3) is 0.471. The number of aryl methyl sites for hydroxylation is 2. The van der Waals surface area contributed by atoms with Crippen molar-refractivity contribution in [1.29, 1.82) is 5.26 Å². The van der Waals surface area contributed by atoms with Crippen molar-refractivity contribution >= 4 is 5.82 Å². The minimum absolute atomic E-state index is 0.00667. The molecular formula is C17H21N5O. The van der Waals surface area contributed by atoms with E-state index in [4.69, 9.17) is 4.74 Å². The maximum absolute atomic E-state index is 9.20. The molecule has 6 nitrogen and oxygen atoms in total. The normalized spacial score (nSPS) is 20.4. The predicted molar refractivity (Wildman–Crippen MR) is 86.9 cm³/mol. The summed E-state index contributed by atoms with van der Waals surface area (Å²) >= 11 is 0. The Kier molecular flexibility index (Phi) is 4.58. The van der Waals surface area contributed by atoms with E-state index in [9.17, 15) is 5.26 Å². The summed E-state index contributed by atoms with van der Waals surface area (Å²) in [5.74, 6) is 1.95. The Balaban J connectivity index is 1.73. The van der Waals surface area contributed by atoms with Gasteiger partial charge in [0.05, 0.1) is 5.56 Å². The lowest BCUT2D eigenvalue weighted by molar-refractivity contribution is 0.0832. The van der Waals surface area contributed by atoms with Crippen LogP contribution < -0.4 is 5.32 Å². The Bertz CT molecular complexity index is 718. The summed E-state index contributed by atoms with van der Waals surface area (Å²) in [6.45, 7) is 6.36. The second-order valence-corrected chi connectivity index (χ2v) is 5.75. The molecule has 23 heavy (non-hydrogen) atoms. The Hall–Kier alpha value is -2.39. The number of aromatic nitrogens is 3. The highest BCUT2D eigenvalue weighted by Crippen LogP contribution is 2.34. The molecule has 0 spiro atoms. The molecule has 1 aliphatic heterocycles. The van der Waals surface area contributed by atoms with Gasteiger partial charge in [-0.25, -0.2) is 9.97 Å². The second-order valence-electron chi connectivity index (χ2n) is 5.75. The molecule has 0 aliphatic carbocycles. The minimum atomic E-state index is -0.00667. The number of anilines is 1. The van der Waals surface area contributed by atoms with E-state index in [0.29, 0.717) is 23.8 Å². The summed E-state index contributed by atoms with van der Waals surface area (Å²) in [7, 11) is 0. The van der Waals surface area contributed by atoms with Gasteiger partial charge in [0.25, 0.3) is 0 Å². The van der Waals surface area contributed by atoms with Gasteiger partial charge in [0, 0.05) is 43.7 Å². The van der Waals surface area contributed by atoms with Gasteiger partial charge in [-0.1, -0.05) is 0 Å². The molecular weight excluding hydrogens is 290 g/mol. The highest BCUT2D eigenvalue weighted by Gasteiger charge is 2.32. The van der Waals surface area contributed by atoms with E-state index < -0.39 is 0 Å². The van der Waals surface area contributed by atoms with Crippen LogP contribution in [0.3, 0.4) is 0 Å². The van der Waals surface area contributed by atoms with Gasteiger partial charge in [-0.3, -0.25) is 0 Å². The molecule has 3 heterocycles. The molecule has 1 aliphatic rings. The molecule has 1 saturated heterocycles. The molecule has 1 N–H and O–H groups in total. The number of imidazole rings is 1. The number of pyridine rings is 1. The minimum Gasteiger partial charge on any atom is -0.370 e. The lowest BCUT2D eigenvalue weighted by Crippen LogP contribution is -2.21. The third-order valence-electron chi connectivity index (χ3n) is 4.24. The van der Waals surface area contributed by atoms with Crippen LogP contribution in [0.15, 0.2) is 24.5 Å². The van der Waals surface area contributed by atoms with Crippen LogP contribution in [-0.2, 0) is 11.3 Å². The number of hydrogen-bond donors (Lipinski definition) is 1. The van der Waals surface area contributed by atoms with Crippen LogP contribution in [-0.4, -0.2) is 27.7 Å². The van der Waals surface area contributed by atoms with Crippen LogP contribution in [0.4, 0.5) is 5.82 Å². The molecule has 2 atom stereocenters. The highest BCUT2D eigenvalue weighted by atomic mass is 16.5. The maximum atomic E-state index is 9.20. The first-order chi connectivity index (χ1) is 11.2. The number of ether oxygens (including phenoxy) is 1. The first-order valence-electron chi connectivity index (χ1n) is 7.97. The summed E-state index contributed by atoms with van der Waals surface area (Å²) < 4.78 is 8.03. The van der Waals surface area contributed by atoms with Gasteiger partial charge in [-0.05, 0) is 32.4 Å². The van der Waals surface area contributed by atoms with Gasteiger partial charge in [0.15, 0.2) is 0 Å². The van der Waals surface area contributed by atoms with Crippen molar-refractivity contribution in [2.24, 2.45) is 5.92 Å². The zero-order valence-electron chi connectivity index (χ0n) is 13.5. The molecule has 6 heteroatoms. The largest absolute Gasteiger partial charge is 0.370 e. The molecule has 0 aromatic carbocycles. The molecule has 0 saturated carbocycles. The van der Waals surface area contributed by atoms with Gasteiger partial charge in [-0.2, -0.15) is 5.26 Å². The Labute approximate surface area is 136 Å². The van der Waals surface area contributed by atoms with E-state index in [1.165, 1.54) is 0 Å². The standard InChI is InChI=1S/C17H21N5O/c1-3-22-8-7-19-17(22)15-14(6-9-23-15)11-20-16-13(10-18)5-4-12(2)21-16/h4-5,7-8,14-15H,3,6,9,11H2,1-2H3,(H,20,21)/t14-,15+/m0/s1. The van der Waals surface area contributed by atoms with Crippen LogP contribution in [0.25, 0.3) is 0 Å². The molecule has 3 rings (SSSR count). The van der Waals surface area contributed by atoms with Crippen LogP contribution in [0.2, 0.25) is 0 Å².